The Morgan fingerprint density at radius 2 is 1.62 bits per heavy atom. The van der Waals surface area contributed by atoms with Gasteiger partial charge in [-0.25, -0.2) is 0 Å². The molecule has 2 nitrogen and oxygen atoms in total. The molecule has 92 valence electrons. The van der Waals surface area contributed by atoms with Crippen molar-refractivity contribution in [3.8, 4) is 0 Å². The Labute approximate surface area is 100.0 Å². The molecule has 0 heterocycles. The lowest BCUT2D eigenvalue weighted by atomic mass is 10.1. The van der Waals surface area contributed by atoms with Gasteiger partial charge in [-0.2, -0.15) is 0 Å². The van der Waals surface area contributed by atoms with Gasteiger partial charge in [0, 0.05) is 18.1 Å². The molecule has 0 saturated heterocycles. The minimum atomic E-state index is 0.217. The summed E-state index contributed by atoms with van der Waals surface area (Å²) < 4.78 is 0. The van der Waals surface area contributed by atoms with Crippen molar-refractivity contribution < 1.29 is 5.11 Å². The van der Waals surface area contributed by atoms with Crippen molar-refractivity contribution in [3.05, 3.63) is 36.6 Å². The first-order chi connectivity index (χ1) is 7.40. The largest absolute Gasteiger partial charge is 0.508 e. The van der Waals surface area contributed by atoms with E-state index in [1.54, 1.807) is 18.2 Å². The molecule has 1 N–H and O–H groups in total. The number of aliphatic hydroxyl groups excluding tert-OH is 1. The van der Waals surface area contributed by atoms with Gasteiger partial charge < -0.3 is 5.11 Å². The number of rotatable bonds is 6. The zero-order valence-electron chi connectivity index (χ0n) is 11.1. The second-order valence-electron chi connectivity index (χ2n) is 4.56. The quantitative estimate of drug-likeness (QED) is 0.548. The van der Waals surface area contributed by atoms with E-state index in [4.69, 9.17) is 0 Å². The van der Waals surface area contributed by atoms with Crippen LogP contribution in [0.25, 0.3) is 0 Å². The molecule has 2 heteroatoms. The van der Waals surface area contributed by atoms with Crippen LogP contribution in [0.5, 0.6) is 0 Å². The van der Waals surface area contributed by atoms with Gasteiger partial charge in [0.2, 0.25) is 0 Å². The van der Waals surface area contributed by atoms with Gasteiger partial charge in [-0.1, -0.05) is 18.7 Å². The fourth-order valence-corrected chi connectivity index (χ4v) is 2.09. The minimum Gasteiger partial charge on any atom is -0.508 e. The van der Waals surface area contributed by atoms with Crippen LogP contribution in [-0.2, 0) is 0 Å². The van der Waals surface area contributed by atoms with E-state index in [-0.39, 0.29) is 6.04 Å². The Morgan fingerprint density at radius 1 is 1.12 bits per heavy atom. The molecule has 0 radical (unpaired) electrons. The second-order valence-corrected chi connectivity index (χ2v) is 4.56. The standard InChI is InChI=1S/C14H25NO/c1-7-8-9-14(16)10-13(6)15(11(2)3)12(4)5/h7-13,16H,1H2,2-6H3/b9-8-,14-10-. The summed E-state index contributed by atoms with van der Waals surface area (Å²) in [6.45, 7) is 14.3. The highest BCUT2D eigenvalue weighted by Gasteiger charge is 2.18. The molecule has 16 heavy (non-hydrogen) atoms. The maximum atomic E-state index is 9.66. The summed E-state index contributed by atoms with van der Waals surface area (Å²) in [5.74, 6) is 0.290. The van der Waals surface area contributed by atoms with E-state index in [0.717, 1.165) is 0 Å². The molecular formula is C14H25NO. The van der Waals surface area contributed by atoms with E-state index in [0.29, 0.717) is 17.8 Å². The number of hydrogen-bond acceptors (Lipinski definition) is 2. The summed E-state index contributed by atoms with van der Waals surface area (Å²) in [6.07, 6.45) is 6.90. The maximum absolute atomic E-state index is 9.66. The fourth-order valence-electron chi connectivity index (χ4n) is 2.09. The number of hydrogen-bond donors (Lipinski definition) is 1. The third kappa shape index (κ3) is 5.17. The predicted octanol–water partition coefficient (Wildman–Crippen LogP) is 3.68. The van der Waals surface area contributed by atoms with Crippen LogP contribution in [0.15, 0.2) is 36.6 Å². The molecule has 0 fully saturated rings. The molecular weight excluding hydrogens is 198 g/mol. The van der Waals surface area contributed by atoms with Crippen LogP contribution in [0.2, 0.25) is 0 Å². The van der Waals surface area contributed by atoms with Crippen molar-refractivity contribution in [3.63, 3.8) is 0 Å². The van der Waals surface area contributed by atoms with Crippen LogP contribution in [0.1, 0.15) is 34.6 Å². The Kier molecular flexibility index (Phi) is 6.82. The normalized spacial score (nSPS) is 15.4. The van der Waals surface area contributed by atoms with E-state index in [2.05, 4.69) is 46.1 Å². The molecule has 0 aromatic rings. The van der Waals surface area contributed by atoms with Crippen LogP contribution >= 0.6 is 0 Å². The first kappa shape index (κ1) is 15.0. The fraction of sp³-hybridized carbons (Fsp3) is 0.571. The van der Waals surface area contributed by atoms with E-state index < -0.39 is 0 Å². The van der Waals surface area contributed by atoms with Crippen LogP contribution in [0.4, 0.5) is 0 Å². The monoisotopic (exact) mass is 223 g/mol. The number of allylic oxidation sites excluding steroid dienone is 3. The minimum absolute atomic E-state index is 0.217. The number of aliphatic hydroxyl groups is 1. The van der Waals surface area contributed by atoms with Crippen LogP contribution < -0.4 is 0 Å². The first-order valence-corrected chi connectivity index (χ1v) is 5.87. The highest BCUT2D eigenvalue weighted by molar-refractivity contribution is 5.16. The zero-order chi connectivity index (χ0) is 12.7. The third-order valence-corrected chi connectivity index (χ3v) is 2.48. The van der Waals surface area contributed by atoms with E-state index in [1.807, 2.05) is 6.08 Å². The smallest absolute Gasteiger partial charge is 0.113 e. The Morgan fingerprint density at radius 3 is 2.00 bits per heavy atom. The molecule has 0 bridgehead atoms. The van der Waals surface area contributed by atoms with Gasteiger partial charge in [0.05, 0.1) is 0 Å². The SMILES string of the molecule is C=C/C=C\C(O)=C\C(C)N(C(C)C)C(C)C. The van der Waals surface area contributed by atoms with Gasteiger partial charge in [0.1, 0.15) is 5.76 Å². The Bertz CT molecular complexity index is 256. The molecule has 0 amide bonds. The van der Waals surface area contributed by atoms with Crippen molar-refractivity contribution in [2.24, 2.45) is 0 Å². The molecule has 0 aromatic carbocycles. The van der Waals surface area contributed by atoms with Crippen molar-refractivity contribution in [1.29, 1.82) is 0 Å². The Hall–Kier alpha value is -1.02. The average Bonchev–Trinajstić information content (AvgIpc) is 2.13. The lowest BCUT2D eigenvalue weighted by Crippen LogP contribution is -2.42. The van der Waals surface area contributed by atoms with Gasteiger partial charge in [-0.3, -0.25) is 4.90 Å². The Balaban J connectivity index is 4.69. The number of nitrogens with zero attached hydrogens (tertiary/aromatic N) is 1. The van der Waals surface area contributed by atoms with E-state index in [9.17, 15) is 5.11 Å². The lowest BCUT2D eigenvalue weighted by molar-refractivity contribution is 0.146. The van der Waals surface area contributed by atoms with Crippen molar-refractivity contribution >= 4 is 0 Å². The lowest BCUT2D eigenvalue weighted by Gasteiger charge is -2.34. The van der Waals surface area contributed by atoms with Crippen LogP contribution in [-0.4, -0.2) is 28.1 Å². The summed E-state index contributed by atoms with van der Waals surface area (Å²) in [5.41, 5.74) is 0. The highest BCUT2D eigenvalue weighted by Crippen LogP contribution is 2.12. The summed E-state index contributed by atoms with van der Waals surface area (Å²) in [5, 5.41) is 9.66. The molecule has 0 aliphatic heterocycles. The van der Waals surface area contributed by atoms with Crippen molar-refractivity contribution in [1.82, 2.24) is 4.90 Å². The van der Waals surface area contributed by atoms with E-state index in [1.165, 1.54) is 0 Å². The van der Waals surface area contributed by atoms with Crippen molar-refractivity contribution in [2.75, 3.05) is 0 Å². The topological polar surface area (TPSA) is 23.5 Å². The van der Waals surface area contributed by atoms with Gasteiger partial charge in [0.25, 0.3) is 0 Å². The third-order valence-electron chi connectivity index (χ3n) is 2.48. The zero-order valence-corrected chi connectivity index (χ0v) is 11.1. The van der Waals surface area contributed by atoms with Gasteiger partial charge in [0.15, 0.2) is 0 Å². The maximum Gasteiger partial charge on any atom is 0.113 e. The first-order valence-electron chi connectivity index (χ1n) is 5.87. The second kappa shape index (κ2) is 7.29. The molecule has 0 spiro atoms. The predicted molar refractivity (Wildman–Crippen MR) is 71.6 cm³/mol. The molecule has 1 atom stereocenters. The highest BCUT2D eigenvalue weighted by atomic mass is 16.3. The van der Waals surface area contributed by atoms with Crippen LogP contribution in [0.3, 0.4) is 0 Å². The summed E-state index contributed by atoms with van der Waals surface area (Å²) in [4.78, 5) is 2.35. The van der Waals surface area contributed by atoms with E-state index >= 15 is 0 Å². The van der Waals surface area contributed by atoms with Crippen LogP contribution in [0, 0.1) is 0 Å². The molecule has 0 aromatic heterocycles. The summed E-state index contributed by atoms with van der Waals surface area (Å²) in [6, 6.07) is 1.14. The molecule has 0 aliphatic rings. The van der Waals surface area contributed by atoms with Crippen molar-refractivity contribution in [2.45, 2.75) is 52.7 Å². The van der Waals surface area contributed by atoms with Gasteiger partial charge in [-0.15, -0.1) is 0 Å². The molecule has 1 unspecified atom stereocenters. The summed E-state index contributed by atoms with van der Waals surface area (Å²) >= 11 is 0. The van der Waals surface area contributed by atoms with Gasteiger partial charge in [-0.05, 0) is 46.8 Å². The average molecular weight is 223 g/mol. The molecule has 0 aliphatic carbocycles. The van der Waals surface area contributed by atoms with Gasteiger partial charge >= 0.3 is 0 Å². The molecule has 0 saturated carbocycles. The summed E-state index contributed by atoms with van der Waals surface area (Å²) in [7, 11) is 0. The molecule has 0 rings (SSSR count).